The Hall–Kier alpha value is -1.09. The van der Waals surface area contributed by atoms with Gasteiger partial charge in [-0.1, -0.05) is 37.3 Å². The first kappa shape index (κ1) is 8.51. The van der Waals surface area contributed by atoms with Crippen molar-refractivity contribution in [3.05, 3.63) is 33.4 Å². The van der Waals surface area contributed by atoms with Crippen LogP contribution in [0.25, 0.3) is 10.2 Å². The van der Waals surface area contributed by atoms with E-state index in [1.165, 1.54) is 16.9 Å². The average molecular weight is 193 g/mol. The first-order valence-corrected chi connectivity index (χ1v) is 5.12. The zero-order chi connectivity index (χ0) is 9.42. The summed E-state index contributed by atoms with van der Waals surface area (Å²) in [5.74, 6) is 0.468. The number of hydrogen-bond acceptors (Lipinski definition) is 2. The van der Waals surface area contributed by atoms with Crippen molar-refractivity contribution in [2.45, 2.75) is 19.8 Å². The van der Waals surface area contributed by atoms with Gasteiger partial charge in [0.25, 0.3) is 0 Å². The lowest BCUT2D eigenvalue weighted by atomic mass is 10.0. The van der Waals surface area contributed by atoms with Crippen molar-refractivity contribution in [1.82, 2.24) is 4.98 Å². The standard InChI is InChI=1S/C10H11NOS/c1-6(2)7-4-3-5-8-9(7)13-10(12)11-8/h3-6H,1-2H3,(H,11,12). The number of hydrogen-bond donors (Lipinski definition) is 1. The highest BCUT2D eigenvalue weighted by atomic mass is 32.1. The average Bonchev–Trinajstić information content (AvgIpc) is 2.43. The second-order valence-corrected chi connectivity index (χ2v) is 4.38. The SMILES string of the molecule is CC(C)c1cccc2[nH]c(=O)sc12. The molecule has 0 saturated carbocycles. The smallest absolute Gasteiger partial charge is 0.305 e. The van der Waals surface area contributed by atoms with E-state index in [0.29, 0.717) is 5.92 Å². The summed E-state index contributed by atoms with van der Waals surface area (Å²) in [5.41, 5.74) is 2.21. The van der Waals surface area contributed by atoms with Gasteiger partial charge in [-0.3, -0.25) is 4.79 Å². The lowest BCUT2D eigenvalue weighted by Gasteiger charge is -2.04. The van der Waals surface area contributed by atoms with E-state index in [1.54, 1.807) is 0 Å². The van der Waals surface area contributed by atoms with Crippen LogP contribution in [0.15, 0.2) is 23.0 Å². The third-order valence-electron chi connectivity index (χ3n) is 2.10. The molecule has 1 N–H and O–H groups in total. The van der Waals surface area contributed by atoms with Crippen LogP contribution in [0.4, 0.5) is 0 Å². The molecule has 0 aliphatic carbocycles. The van der Waals surface area contributed by atoms with E-state index in [9.17, 15) is 4.79 Å². The van der Waals surface area contributed by atoms with Crippen LogP contribution >= 0.6 is 11.3 Å². The third-order valence-corrected chi connectivity index (χ3v) is 3.05. The summed E-state index contributed by atoms with van der Waals surface area (Å²) in [7, 11) is 0. The van der Waals surface area contributed by atoms with E-state index < -0.39 is 0 Å². The van der Waals surface area contributed by atoms with Gasteiger partial charge < -0.3 is 4.98 Å². The number of nitrogens with one attached hydrogen (secondary N) is 1. The quantitative estimate of drug-likeness (QED) is 0.742. The Labute approximate surface area is 80.2 Å². The van der Waals surface area contributed by atoms with E-state index in [0.717, 1.165) is 10.2 Å². The van der Waals surface area contributed by atoms with Crippen molar-refractivity contribution in [2.24, 2.45) is 0 Å². The molecule has 0 amide bonds. The lowest BCUT2D eigenvalue weighted by molar-refractivity contribution is 0.878. The monoisotopic (exact) mass is 193 g/mol. The minimum atomic E-state index is 0.0306. The Bertz CT molecular complexity index is 481. The minimum Gasteiger partial charge on any atom is -0.312 e. The molecule has 0 aliphatic rings. The molecular weight excluding hydrogens is 182 g/mol. The zero-order valence-corrected chi connectivity index (χ0v) is 8.44. The molecule has 2 nitrogen and oxygen atoms in total. The summed E-state index contributed by atoms with van der Waals surface area (Å²) < 4.78 is 1.10. The fourth-order valence-corrected chi connectivity index (χ4v) is 2.45. The Morgan fingerprint density at radius 2 is 2.15 bits per heavy atom. The maximum atomic E-state index is 11.1. The Balaban J connectivity index is 2.82. The molecule has 1 aromatic heterocycles. The van der Waals surface area contributed by atoms with Gasteiger partial charge in [-0.25, -0.2) is 0 Å². The van der Waals surface area contributed by atoms with Gasteiger partial charge in [-0.2, -0.15) is 0 Å². The van der Waals surface area contributed by atoms with Crippen LogP contribution in [0.1, 0.15) is 25.3 Å². The van der Waals surface area contributed by atoms with Crippen LogP contribution in [-0.2, 0) is 0 Å². The predicted molar refractivity (Wildman–Crippen MR) is 56.5 cm³/mol. The van der Waals surface area contributed by atoms with E-state index in [1.807, 2.05) is 12.1 Å². The number of thiazole rings is 1. The molecule has 0 bridgehead atoms. The summed E-state index contributed by atoms with van der Waals surface area (Å²) in [6.07, 6.45) is 0. The van der Waals surface area contributed by atoms with Crippen LogP contribution in [0.3, 0.4) is 0 Å². The Kier molecular flexibility index (Phi) is 1.96. The molecule has 1 aromatic carbocycles. The fourth-order valence-electron chi connectivity index (χ4n) is 1.45. The molecule has 2 aromatic rings. The first-order valence-electron chi connectivity index (χ1n) is 4.30. The number of aromatic amines is 1. The van der Waals surface area contributed by atoms with Crippen LogP contribution in [0, 0.1) is 0 Å². The van der Waals surface area contributed by atoms with Gasteiger partial charge in [0.05, 0.1) is 10.2 Å². The van der Waals surface area contributed by atoms with E-state index in [-0.39, 0.29) is 4.87 Å². The second kappa shape index (κ2) is 3.00. The van der Waals surface area contributed by atoms with Gasteiger partial charge in [0.1, 0.15) is 0 Å². The van der Waals surface area contributed by atoms with Crippen molar-refractivity contribution in [2.75, 3.05) is 0 Å². The van der Waals surface area contributed by atoms with Crippen molar-refractivity contribution in [3.8, 4) is 0 Å². The molecule has 0 fully saturated rings. The third kappa shape index (κ3) is 1.40. The van der Waals surface area contributed by atoms with Crippen molar-refractivity contribution >= 4 is 21.6 Å². The summed E-state index contributed by atoms with van der Waals surface area (Å²) in [5, 5.41) is 0. The maximum absolute atomic E-state index is 11.1. The molecule has 13 heavy (non-hydrogen) atoms. The summed E-state index contributed by atoms with van der Waals surface area (Å²) >= 11 is 1.30. The zero-order valence-electron chi connectivity index (χ0n) is 7.63. The maximum Gasteiger partial charge on any atom is 0.305 e. The topological polar surface area (TPSA) is 32.9 Å². The Morgan fingerprint density at radius 3 is 2.85 bits per heavy atom. The molecular formula is C10H11NOS. The van der Waals surface area contributed by atoms with Gasteiger partial charge in [-0.05, 0) is 17.5 Å². The molecule has 68 valence electrons. The molecule has 0 saturated heterocycles. The van der Waals surface area contributed by atoms with Gasteiger partial charge in [0.15, 0.2) is 0 Å². The minimum absolute atomic E-state index is 0.0306. The van der Waals surface area contributed by atoms with Crippen LogP contribution in [0.2, 0.25) is 0 Å². The second-order valence-electron chi connectivity index (χ2n) is 3.39. The summed E-state index contributed by atoms with van der Waals surface area (Å²) in [4.78, 5) is 14.0. The normalized spacial score (nSPS) is 11.3. The molecule has 3 heteroatoms. The molecule has 0 unspecified atom stereocenters. The highest BCUT2D eigenvalue weighted by Gasteiger charge is 2.07. The lowest BCUT2D eigenvalue weighted by Crippen LogP contribution is -1.89. The van der Waals surface area contributed by atoms with Gasteiger partial charge in [0.2, 0.25) is 0 Å². The Morgan fingerprint density at radius 1 is 1.38 bits per heavy atom. The molecule has 0 radical (unpaired) electrons. The van der Waals surface area contributed by atoms with Crippen molar-refractivity contribution in [3.63, 3.8) is 0 Å². The number of rotatable bonds is 1. The number of aromatic nitrogens is 1. The molecule has 2 rings (SSSR count). The summed E-state index contributed by atoms with van der Waals surface area (Å²) in [6, 6.07) is 6.01. The van der Waals surface area contributed by atoms with Crippen molar-refractivity contribution in [1.29, 1.82) is 0 Å². The molecule has 1 heterocycles. The molecule has 0 spiro atoms. The van der Waals surface area contributed by atoms with Gasteiger partial charge >= 0.3 is 4.87 Å². The fraction of sp³-hybridized carbons (Fsp3) is 0.300. The highest BCUT2D eigenvalue weighted by Crippen LogP contribution is 2.25. The first-order chi connectivity index (χ1) is 6.18. The van der Waals surface area contributed by atoms with Gasteiger partial charge in [0, 0.05) is 0 Å². The number of fused-ring (bicyclic) bond motifs is 1. The van der Waals surface area contributed by atoms with Crippen LogP contribution < -0.4 is 4.87 Å². The number of H-pyrrole nitrogens is 1. The highest BCUT2D eigenvalue weighted by molar-refractivity contribution is 7.16. The van der Waals surface area contributed by atoms with Crippen molar-refractivity contribution < 1.29 is 0 Å². The van der Waals surface area contributed by atoms with E-state index >= 15 is 0 Å². The molecule has 0 atom stereocenters. The van der Waals surface area contributed by atoms with Crippen LogP contribution in [-0.4, -0.2) is 4.98 Å². The van der Waals surface area contributed by atoms with Gasteiger partial charge in [-0.15, -0.1) is 0 Å². The predicted octanol–water partition coefficient (Wildman–Crippen LogP) is 2.71. The van der Waals surface area contributed by atoms with Crippen LogP contribution in [0.5, 0.6) is 0 Å². The van der Waals surface area contributed by atoms with E-state index in [4.69, 9.17) is 0 Å². The molecule has 0 aliphatic heterocycles. The largest absolute Gasteiger partial charge is 0.312 e. The van der Waals surface area contributed by atoms with E-state index in [2.05, 4.69) is 24.9 Å². The number of benzene rings is 1. The summed E-state index contributed by atoms with van der Waals surface area (Å²) in [6.45, 7) is 4.28.